The fourth-order valence-corrected chi connectivity index (χ4v) is 5.38. The van der Waals surface area contributed by atoms with Crippen molar-refractivity contribution in [3.63, 3.8) is 0 Å². The lowest BCUT2D eigenvalue weighted by atomic mass is 9.73. The van der Waals surface area contributed by atoms with Gasteiger partial charge in [-0.2, -0.15) is 0 Å². The van der Waals surface area contributed by atoms with Gasteiger partial charge in [0.1, 0.15) is 5.75 Å². The zero-order valence-corrected chi connectivity index (χ0v) is 16.4. The van der Waals surface area contributed by atoms with E-state index in [4.69, 9.17) is 14.6 Å². The van der Waals surface area contributed by atoms with Gasteiger partial charge in [0.2, 0.25) is 0 Å². The summed E-state index contributed by atoms with van der Waals surface area (Å²) < 4.78 is 11.7. The SMILES string of the molecule is COc1cccc(C)c1C(=O)NC[C@H]1[C@H]2CN(CCC(=O)O)C[C@]23CC[C@H]1O3. The molecule has 0 radical (unpaired) electrons. The van der Waals surface area contributed by atoms with Gasteiger partial charge in [0.05, 0.1) is 30.8 Å². The van der Waals surface area contributed by atoms with E-state index in [9.17, 15) is 9.59 Å². The molecular weight excluding hydrogens is 360 g/mol. The van der Waals surface area contributed by atoms with Gasteiger partial charge in [-0.25, -0.2) is 0 Å². The predicted octanol–water partition coefficient (Wildman–Crippen LogP) is 1.69. The van der Waals surface area contributed by atoms with Crippen molar-refractivity contribution in [3.05, 3.63) is 29.3 Å². The summed E-state index contributed by atoms with van der Waals surface area (Å²) in [4.78, 5) is 25.9. The quantitative estimate of drug-likeness (QED) is 0.739. The standard InChI is InChI=1S/C21H28N2O5/c1-13-4-3-5-17(27-2)19(13)20(26)22-10-14-15-11-23(9-7-18(24)25)12-21(15)8-6-16(14)28-21/h3-5,14-16H,6-12H2,1-2H3,(H,22,26)(H,24,25)/t14-,15+,16+,21+/m0/s1. The van der Waals surface area contributed by atoms with Gasteiger partial charge < -0.3 is 19.9 Å². The van der Waals surface area contributed by atoms with Crippen LogP contribution in [0.3, 0.4) is 0 Å². The number of benzene rings is 1. The number of nitrogens with one attached hydrogen (secondary N) is 1. The first kappa shape index (κ1) is 19.2. The maximum absolute atomic E-state index is 12.8. The first-order chi connectivity index (χ1) is 13.4. The minimum atomic E-state index is -0.768. The fraction of sp³-hybridized carbons (Fsp3) is 0.619. The number of methoxy groups -OCH3 is 1. The number of carbonyl (C=O) groups excluding carboxylic acids is 1. The van der Waals surface area contributed by atoms with Crippen molar-refractivity contribution in [3.8, 4) is 5.75 Å². The molecule has 1 amide bonds. The zero-order chi connectivity index (χ0) is 19.9. The number of carbonyl (C=O) groups is 2. The number of hydrogen-bond acceptors (Lipinski definition) is 5. The van der Waals surface area contributed by atoms with E-state index in [0.717, 1.165) is 31.5 Å². The predicted molar refractivity (Wildman–Crippen MR) is 103 cm³/mol. The van der Waals surface area contributed by atoms with Crippen LogP contribution in [0.4, 0.5) is 0 Å². The Morgan fingerprint density at radius 1 is 1.43 bits per heavy atom. The van der Waals surface area contributed by atoms with Crippen LogP contribution in [-0.2, 0) is 9.53 Å². The van der Waals surface area contributed by atoms with Crippen molar-refractivity contribution < 1.29 is 24.2 Å². The topological polar surface area (TPSA) is 88.1 Å². The van der Waals surface area contributed by atoms with Gasteiger partial charge >= 0.3 is 5.97 Å². The highest BCUT2D eigenvalue weighted by molar-refractivity contribution is 5.98. The highest BCUT2D eigenvalue weighted by atomic mass is 16.5. The number of carboxylic acids is 1. The first-order valence-corrected chi connectivity index (χ1v) is 9.97. The van der Waals surface area contributed by atoms with Crippen LogP contribution >= 0.6 is 0 Å². The van der Waals surface area contributed by atoms with Gasteiger partial charge in [0.25, 0.3) is 5.91 Å². The summed E-state index contributed by atoms with van der Waals surface area (Å²) in [5.74, 6) is 0.309. The van der Waals surface area contributed by atoms with Crippen molar-refractivity contribution >= 4 is 11.9 Å². The maximum Gasteiger partial charge on any atom is 0.304 e. The van der Waals surface area contributed by atoms with Crippen LogP contribution in [0.15, 0.2) is 18.2 Å². The highest BCUT2D eigenvalue weighted by Gasteiger charge is 2.62. The van der Waals surface area contributed by atoms with Gasteiger partial charge in [-0.1, -0.05) is 12.1 Å². The fourth-order valence-electron chi connectivity index (χ4n) is 5.38. The smallest absolute Gasteiger partial charge is 0.304 e. The normalized spacial score (nSPS) is 31.0. The number of fused-ring (bicyclic) bond motifs is 1. The van der Waals surface area contributed by atoms with Crippen LogP contribution in [0.5, 0.6) is 5.75 Å². The zero-order valence-electron chi connectivity index (χ0n) is 16.4. The summed E-state index contributed by atoms with van der Waals surface area (Å²) in [5, 5.41) is 12.1. The number of aryl methyl sites for hydroxylation is 1. The third-order valence-corrected chi connectivity index (χ3v) is 6.68. The van der Waals surface area contributed by atoms with E-state index in [0.29, 0.717) is 30.3 Å². The summed E-state index contributed by atoms with van der Waals surface area (Å²) in [6.45, 7) is 4.68. The molecule has 7 heteroatoms. The number of ether oxygens (including phenoxy) is 2. The summed E-state index contributed by atoms with van der Waals surface area (Å²) in [6.07, 6.45) is 2.38. The Hall–Kier alpha value is -2.12. The summed E-state index contributed by atoms with van der Waals surface area (Å²) >= 11 is 0. The molecule has 1 spiro atoms. The molecule has 3 fully saturated rings. The van der Waals surface area contributed by atoms with Gasteiger partial charge in [0, 0.05) is 38.0 Å². The summed E-state index contributed by atoms with van der Waals surface area (Å²) in [5.41, 5.74) is 1.32. The first-order valence-electron chi connectivity index (χ1n) is 9.97. The highest BCUT2D eigenvalue weighted by Crippen LogP contribution is 2.54. The Morgan fingerprint density at radius 2 is 2.25 bits per heavy atom. The molecule has 2 bridgehead atoms. The number of likely N-dealkylation sites (tertiary alicyclic amines) is 1. The minimum Gasteiger partial charge on any atom is -0.496 e. The van der Waals surface area contributed by atoms with E-state index < -0.39 is 5.97 Å². The van der Waals surface area contributed by atoms with E-state index in [1.807, 2.05) is 19.1 Å². The Bertz CT molecular complexity index is 782. The van der Waals surface area contributed by atoms with Crippen molar-refractivity contribution in [2.45, 2.75) is 37.9 Å². The largest absolute Gasteiger partial charge is 0.496 e. The average Bonchev–Trinajstić information content (AvgIpc) is 3.32. The van der Waals surface area contributed by atoms with E-state index in [1.54, 1.807) is 13.2 Å². The Kier molecular flexibility index (Phi) is 5.05. The summed E-state index contributed by atoms with van der Waals surface area (Å²) in [7, 11) is 1.57. The van der Waals surface area contributed by atoms with Crippen molar-refractivity contribution in [1.82, 2.24) is 10.2 Å². The molecule has 3 aliphatic rings. The second-order valence-electron chi connectivity index (χ2n) is 8.27. The van der Waals surface area contributed by atoms with Crippen LogP contribution in [0.1, 0.15) is 35.2 Å². The Labute approximate surface area is 165 Å². The van der Waals surface area contributed by atoms with Crippen molar-refractivity contribution in [1.29, 1.82) is 0 Å². The average molecular weight is 388 g/mol. The molecule has 28 heavy (non-hydrogen) atoms. The second-order valence-corrected chi connectivity index (χ2v) is 8.27. The van der Waals surface area contributed by atoms with Gasteiger partial charge in [0.15, 0.2) is 0 Å². The van der Waals surface area contributed by atoms with Crippen LogP contribution in [0.25, 0.3) is 0 Å². The van der Waals surface area contributed by atoms with E-state index >= 15 is 0 Å². The third kappa shape index (κ3) is 3.26. The number of rotatable bonds is 7. The molecule has 7 nitrogen and oxygen atoms in total. The third-order valence-electron chi connectivity index (χ3n) is 6.68. The lowest BCUT2D eigenvalue weighted by molar-refractivity contribution is -0.137. The second kappa shape index (κ2) is 7.37. The number of carboxylic acid groups (broad SMARTS) is 1. The molecule has 4 rings (SSSR count). The molecule has 3 heterocycles. The molecule has 1 aromatic rings. The van der Waals surface area contributed by atoms with Gasteiger partial charge in [-0.3, -0.25) is 14.5 Å². The molecule has 0 aliphatic carbocycles. The molecule has 0 aromatic heterocycles. The molecule has 1 aromatic carbocycles. The van der Waals surface area contributed by atoms with E-state index in [1.165, 1.54) is 0 Å². The van der Waals surface area contributed by atoms with Crippen molar-refractivity contribution in [2.75, 3.05) is 33.3 Å². The molecule has 0 unspecified atom stereocenters. The van der Waals surface area contributed by atoms with Crippen LogP contribution in [0, 0.1) is 18.8 Å². The molecule has 3 saturated heterocycles. The lowest BCUT2D eigenvalue weighted by Crippen LogP contribution is -2.42. The van der Waals surface area contributed by atoms with Crippen LogP contribution < -0.4 is 10.1 Å². The lowest BCUT2D eigenvalue weighted by Gasteiger charge is -2.29. The minimum absolute atomic E-state index is 0.118. The monoisotopic (exact) mass is 388 g/mol. The number of hydrogen-bond donors (Lipinski definition) is 2. The van der Waals surface area contributed by atoms with E-state index in [2.05, 4.69) is 10.2 Å². The number of nitrogens with zero attached hydrogens (tertiary/aromatic N) is 1. The molecule has 3 aliphatic heterocycles. The maximum atomic E-state index is 12.8. The van der Waals surface area contributed by atoms with Gasteiger partial charge in [-0.05, 0) is 31.4 Å². The van der Waals surface area contributed by atoms with Crippen LogP contribution in [0.2, 0.25) is 0 Å². The number of aliphatic carboxylic acids is 1. The van der Waals surface area contributed by atoms with Gasteiger partial charge in [-0.15, -0.1) is 0 Å². The Morgan fingerprint density at radius 3 is 3.00 bits per heavy atom. The molecule has 152 valence electrons. The molecule has 2 N–H and O–H groups in total. The summed E-state index contributed by atoms with van der Waals surface area (Å²) in [6, 6.07) is 5.59. The number of amides is 1. The van der Waals surface area contributed by atoms with E-state index in [-0.39, 0.29) is 30.0 Å². The van der Waals surface area contributed by atoms with Crippen molar-refractivity contribution in [2.24, 2.45) is 11.8 Å². The molecular formula is C21H28N2O5. The molecule has 0 saturated carbocycles. The molecule has 4 atom stereocenters. The van der Waals surface area contributed by atoms with Crippen LogP contribution in [-0.4, -0.2) is 66.9 Å². The Balaban J connectivity index is 1.42.